The fourth-order valence-electron chi connectivity index (χ4n) is 7.33. The summed E-state index contributed by atoms with van der Waals surface area (Å²) in [5, 5.41) is 35.3. The number of carbonyl (C=O) groups is 6. The number of aromatic amines is 1. The minimum absolute atomic E-state index is 0.00634. The number of unbranched alkanes of at least 4 members (excludes halogenated alkanes) is 1. The maximum Gasteiger partial charge on any atom is 0.245 e. The van der Waals surface area contributed by atoms with Crippen molar-refractivity contribution in [3.8, 4) is 5.75 Å². The number of H-pyrrole nitrogens is 1. The molecular weight excluding hydrogens is 801 g/mol. The molecule has 17 heteroatoms. The van der Waals surface area contributed by atoms with Gasteiger partial charge in [-0.1, -0.05) is 60.7 Å². The highest BCUT2D eigenvalue weighted by atomic mass is 32.1. The normalized spacial score (nSPS) is 22.9. The van der Waals surface area contributed by atoms with Crippen LogP contribution in [0.25, 0.3) is 10.9 Å². The Bertz CT molecular complexity index is 2130. The predicted molar refractivity (Wildman–Crippen MR) is 233 cm³/mol. The number of hydrogen-bond donors (Lipinski definition) is 10. The van der Waals surface area contributed by atoms with Crippen LogP contribution in [0.2, 0.25) is 0 Å². The van der Waals surface area contributed by atoms with Gasteiger partial charge in [0.1, 0.15) is 42.0 Å². The molecule has 0 radical (unpaired) electrons. The molecule has 61 heavy (non-hydrogen) atoms. The van der Waals surface area contributed by atoms with Crippen LogP contribution in [-0.4, -0.2) is 117 Å². The summed E-state index contributed by atoms with van der Waals surface area (Å²) >= 11 is 4.31. The number of benzene rings is 3. The molecule has 16 nitrogen and oxygen atoms in total. The first-order valence-corrected chi connectivity index (χ1v) is 21.1. The number of nitrogens with two attached hydrogens (primary N) is 1. The van der Waals surface area contributed by atoms with Crippen LogP contribution in [-0.2, 0) is 48.0 Å². The van der Waals surface area contributed by atoms with Crippen molar-refractivity contribution in [2.75, 3.05) is 19.3 Å². The topological polar surface area (TPSA) is 248 Å². The Morgan fingerprint density at radius 2 is 1.26 bits per heavy atom. The molecule has 0 aliphatic carbocycles. The highest BCUT2D eigenvalue weighted by Crippen LogP contribution is 2.21. The predicted octanol–water partition coefficient (Wildman–Crippen LogP) is 0.996. The van der Waals surface area contributed by atoms with Gasteiger partial charge in [-0.05, 0) is 79.8 Å². The zero-order valence-corrected chi connectivity index (χ0v) is 35.2. The summed E-state index contributed by atoms with van der Waals surface area (Å²) < 4.78 is 0. The van der Waals surface area contributed by atoms with Crippen molar-refractivity contribution < 1.29 is 39.0 Å². The number of thiol groups is 1. The Labute approximate surface area is 360 Å². The zero-order valence-electron chi connectivity index (χ0n) is 34.3. The van der Waals surface area contributed by atoms with Crippen LogP contribution in [0.5, 0.6) is 5.75 Å². The molecule has 0 saturated carbocycles. The second kappa shape index (κ2) is 22.1. The van der Waals surface area contributed by atoms with Gasteiger partial charge in [0, 0.05) is 43.4 Å². The standard InChI is InChI=1S/C44H56N8O8S/c1-26(53)38-43(59)48-34(19-21-61)44(60)52(2)37(23-27-10-4-3-5-11-27)42(58)50-35(22-28-15-17-30(54)18-16-28)40(56)49-36(24-29-25-46-32-13-7-6-12-31(29)32)41(57)47-33(39(55)51-38)14-8-9-20-45/h3-7,10-13,15-18,25-26,33-38,46,53-54,61H,8-9,14,19-24,45H2,1-2H3,(H,47,57)(H,48,59)(H,49,56)(H,50,58)(H,51,55)/t26-,33+,34+,35+,36-,37+,38+/m1/s1. The Morgan fingerprint density at radius 3 is 1.93 bits per heavy atom. The zero-order chi connectivity index (χ0) is 44.1. The maximum atomic E-state index is 14.6. The fourth-order valence-corrected chi connectivity index (χ4v) is 7.59. The Balaban J connectivity index is 1.61. The minimum Gasteiger partial charge on any atom is -0.508 e. The van der Waals surface area contributed by atoms with Gasteiger partial charge in [0.2, 0.25) is 35.4 Å². The van der Waals surface area contributed by atoms with Crippen LogP contribution >= 0.6 is 12.6 Å². The summed E-state index contributed by atoms with van der Waals surface area (Å²) in [6.45, 7) is 1.62. The molecule has 0 spiro atoms. The first-order chi connectivity index (χ1) is 29.3. The summed E-state index contributed by atoms with van der Waals surface area (Å²) in [6.07, 6.45) is 1.27. The maximum absolute atomic E-state index is 14.6. The van der Waals surface area contributed by atoms with Gasteiger partial charge >= 0.3 is 0 Å². The van der Waals surface area contributed by atoms with Crippen molar-refractivity contribution in [2.24, 2.45) is 5.73 Å². The largest absolute Gasteiger partial charge is 0.508 e. The highest BCUT2D eigenvalue weighted by molar-refractivity contribution is 7.80. The third-order valence-electron chi connectivity index (χ3n) is 10.8. The number of phenolic OH excluding ortho intramolecular Hbond substituents is 1. The van der Waals surface area contributed by atoms with E-state index in [0.717, 1.165) is 10.9 Å². The summed E-state index contributed by atoms with van der Waals surface area (Å²) in [5.41, 5.74) is 8.51. The lowest BCUT2D eigenvalue weighted by atomic mass is 9.99. The second-order valence-corrected chi connectivity index (χ2v) is 15.8. The van der Waals surface area contributed by atoms with E-state index in [1.165, 1.54) is 31.0 Å². The number of aliphatic hydroxyl groups excluding tert-OH is 1. The quantitative estimate of drug-likeness (QED) is 0.0680. The molecule has 1 aliphatic heterocycles. The first kappa shape index (κ1) is 46.2. The molecule has 0 unspecified atom stereocenters. The van der Waals surface area contributed by atoms with Crippen molar-refractivity contribution >= 4 is 59.0 Å². The van der Waals surface area contributed by atoms with E-state index in [9.17, 15) is 39.0 Å². The summed E-state index contributed by atoms with van der Waals surface area (Å²) in [6, 6.07) is 14.6. The number of nitrogens with one attached hydrogen (secondary N) is 6. The molecule has 5 rings (SSSR count). The lowest BCUT2D eigenvalue weighted by Crippen LogP contribution is -2.63. The molecule has 4 aromatic rings. The molecule has 6 amide bonds. The molecule has 7 atom stereocenters. The van der Waals surface area contributed by atoms with E-state index >= 15 is 0 Å². The van der Waals surface area contributed by atoms with Crippen molar-refractivity contribution in [1.29, 1.82) is 0 Å². The number of hydrogen-bond acceptors (Lipinski definition) is 10. The smallest absolute Gasteiger partial charge is 0.245 e. The van der Waals surface area contributed by atoms with E-state index in [4.69, 9.17) is 5.73 Å². The Kier molecular flexibility index (Phi) is 16.7. The van der Waals surface area contributed by atoms with Crippen molar-refractivity contribution in [3.63, 3.8) is 0 Å². The van der Waals surface area contributed by atoms with E-state index < -0.39 is 77.8 Å². The SMILES string of the molecule is C[C@@H](O)[C@@H]1NC(=O)[C@H](CCCCN)NC(=O)[C@@H](Cc2c[nH]c3ccccc23)NC(=O)[C@H](Cc2ccc(O)cc2)NC(=O)[C@H](Cc2ccccc2)N(C)C(=O)[C@H](CCS)NC1=O. The third kappa shape index (κ3) is 12.6. The van der Waals surface area contributed by atoms with Crippen molar-refractivity contribution in [1.82, 2.24) is 36.5 Å². The van der Waals surface area contributed by atoms with Crippen LogP contribution in [0.15, 0.2) is 85.1 Å². The molecule has 3 aromatic carbocycles. The van der Waals surface area contributed by atoms with Crippen molar-refractivity contribution in [2.45, 2.75) is 94.2 Å². The summed E-state index contributed by atoms with van der Waals surface area (Å²) in [5.74, 6) is -4.30. The molecule has 10 N–H and O–H groups in total. The average Bonchev–Trinajstić information content (AvgIpc) is 3.66. The molecule has 1 aromatic heterocycles. The van der Waals surface area contributed by atoms with E-state index in [2.05, 4.69) is 44.2 Å². The number of nitrogens with zero attached hydrogens (tertiary/aromatic N) is 1. The van der Waals surface area contributed by atoms with Gasteiger partial charge in [-0.2, -0.15) is 12.6 Å². The third-order valence-corrected chi connectivity index (χ3v) is 11.1. The van der Waals surface area contributed by atoms with Gasteiger partial charge in [-0.25, -0.2) is 0 Å². The average molecular weight is 857 g/mol. The monoisotopic (exact) mass is 856 g/mol. The molecule has 326 valence electrons. The number of aliphatic hydroxyl groups is 1. The van der Waals surface area contributed by atoms with E-state index in [1.807, 2.05) is 24.3 Å². The first-order valence-electron chi connectivity index (χ1n) is 20.4. The summed E-state index contributed by atoms with van der Waals surface area (Å²) in [4.78, 5) is 90.3. The highest BCUT2D eigenvalue weighted by Gasteiger charge is 2.38. The van der Waals surface area contributed by atoms with Crippen LogP contribution in [0.3, 0.4) is 0 Å². The molecular formula is C44H56N8O8S. The van der Waals surface area contributed by atoms with Gasteiger partial charge in [-0.15, -0.1) is 0 Å². The van der Waals surface area contributed by atoms with Gasteiger partial charge < -0.3 is 52.4 Å². The Morgan fingerprint density at radius 1 is 0.672 bits per heavy atom. The number of amides is 6. The number of rotatable bonds is 13. The number of aromatic nitrogens is 1. The second-order valence-electron chi connectivity index (χ2n) is 15.4. The van der Waals surface area contributed by atoms with Crippen LogP contribution in [0, 0.1) is 0 Å². The van der Waals surface area contributed by atoms with Gasteiger partial charge in [0.15, 0.2) is 0 Å². The minimum atomic E-state index is -1.55. The van der Waals surface area contributed by atoms with Gasteiger partial charge in [-0.3, -0.25) is 28.8 Å². The number of phenols is 1. The van der Waals surface area contributed by atoms with E-state index in [1.54, 1.807) is 48.7 Å². The van der Waals surface area contributed by atoms with Gasteiger partial charge in [0.05, 0.1) is 6.10 Å². The molecule has 2 heterocycles. The van der Waals surface area contributed by atoms with Gasteiger partial charge in [0.25, 0.3) is 0 Å². The lowest BCUT2D eigenvalue weighted by molar-refractivity contribution is -0.143. The van der Waals surface area contributed by atoms with E-state index in [-0.39, 0.29) is 43.6 Å². The number of aromatic hydroxyl groups is 1. The van der Waals surface area contributed by atoms with Crippen LogP contribution in [0.4, 0.5) is 0 Å². The molecule has 1 aliphatic rings. The van der Waals surface area contributed by atoms with Crippen LogP contribution < -0.4 is 32.3 Å². The van der Waals surface area contributed by atoms with E-state index in [0.29, 0.717) is 36.1 Å². The lowest BCUT2D eigenvalue weighted by Gasteiger charge is -2.33. The number of carbonyl (C=O) groups excluding carboxylic acids is 6. The van der Waals surface area contributed by atoms with Crippen molar-refractivity contribution in [3.05, 3.63) is 102 Å². The fraction of sp³-hybridized carbons (Fsp3) is 0.409. The summed E-state index contributed by atoms with van der Waals surface area (Å²) in [7, 11) is 1.42. The molecule has 1 fully saturated rings. The number of para-hydroxylation sites is 1. The Hall–Kier alpha value is -5.91. The number of likely N-dealkylation sites (N-methyl/N-ethyl adjacent to an activating group) is 1. The molecule has 0 bridgehead atoms. The van der Waals surface area contributed by atoms with Crippen LogP contribution in [0.1, 0.15) is 49.3 Å². The molecule has 1 saturated heterocycles. The number of fused-ring (bicyclic) bond motifs is 1.